The van der Waals surface area contributed by atoms with Crippen LogP contribution in [0.25, 0.3) is 22.8 Å². The third kappa shape index (κ3) is 4.78. The van der Waals surface area contributed by atoms with Gasteiger partial charge in [0.2, 0.25) is 5.89 Å². The standard InChI is InChI=1S/C24H17Cl3N2O4/c1-31-13-7-8-16(21(9-13)32-2)22-12-28-24(33-22)15-6-4-3-5-14(15)23(30)29-20-11-18(26)17(25)10-19(20)27/h3-12H,1-2H3,(H,29,30). The number of anilines is 1. The van der Waals surface area contributed by atoms with E-state index in [9.17, 15) is 4.79 Å². The van der Waals surface area contributed by atoms with E-state index in [0.717, 1.165) is 0 Å². The molecular formula is C24H17Cl3N2O4. The van der Waals surface area contributed by atoms with Gasteiger partial charge in [-0.25, -0.2) is 4.98 Å². The van der Waals surface area contributed by atoms with Crippen molar-refractivity contribution in [3.05, 3.63) is 81.4 Å². The topological polar surface area (TPSA) is 73.6 Å². The summed E-state index contributed by atoms with van der Waals surface area (Å²) in [5.74, 6) is 1.56. The summed E-state index contributed by atoms with van der Waals surface area (Å²) in [5, 5.41) is 3.59. The average molecular weight is 504 g/mol. The largest absolute Gasteiger partial charge is 0.497 e. The highest BCUT2D eigenvalue weighted by molar-refractivity contribution is 6.44. The maximum atomic E-state index is 13.1. The molecular weight excluding hydrogens is 487 g/mol. The molecule has 0 saturated carbocycles. The molecule has 0 bridgehead atoms. The summed E-state index contributed by atoms with van der Waals surface area (Å²) in [6.45, 7) is 0. The van der Waals surface area contributed by atoms with Crippen LogP contribution in [-0.4, -0.2) is 25.1 Å². The van der Waals surface area contributed by atoms with Crippen molar-refractivity contribution in [1.29, 1.82) is 0 Å². The minimum absolute atomic E-state index is 0.264. The lowest BCUT2D eigenvalue weighted by molar-refractivity contribution is 0.102. The summed E-state index contributed by atoms with van der Waals surface area (Å²) < 4.78 is 16.7. The Morgan fingerprint density at radius 3 is 2.42 bits per heavy atom. The fourth-order valence-electron chi connectivity index (χ4n) is 3.20. The van der Waals surface area contributed by atoms with Crippen molar-refractivity contribution in [3.63, 3.8) is 0 Å². The Morgan fingerprint density at radius 2 is 1.67 bits per heavy atom. The average Bonchev–Trinajstić information content (AvgIpc) is 3.32. The molecule has 3 aromatic carbocycles. The Kier molecular flexibility index (Phi) is 6.79. The lowest BCUT2D eigenvalue weighted by atomic mass is 10.1. The normalized spacial score (nSPS) is 10.7. The van der Waals surface area contributed by atoms with Crippen molar-refractivity contribution in [2.75, 3.05) is 19.5 Å². The van der Waals surface area contributed by atoms with E-state index < -0.39 is 5.91 Å². The van der Waals surface area contributed by atoms with Crippen LogP contribution in [0.15, 0.2) is 65.2 Å². The first-order chi connectivity index (χ1) is 15.9. The molecule has 0 fully saturated rings. The van der Waals surface area contributed by atoms with E-state index in [4.69, 9.17) is 48.7 Å². The Labute approximate surface area is 205 Å². The predicted octanol–water partition coefficient (Wildman–Crippen LogP) is 7.24. The highest BCUT2D eigenvalue weighted by Gasteiger charge is 2.19. The molecule has 6 nitrogen and oxygen atoms in total. The first-order valence-corrected chi connectivity index (χ1v) is 10.8. The maximum absolute atomic E-state index is 13.1. The highest BCUT2D eigenvalue weighted by Crippen LogP contribution is 2.36. The molecule has 4 rings (SSSR count). The number of benzene rings is 3. The number of halogens is 3. The number of ether oxygens (including phenoxy) is 2. The second-order valence-corrected chi connectivity index (χ2v) is 8.06. The molecule has 0 saturated heterocycles. The van der Waals surface area contributed by atoms with Gasteiger partial charge >= 0.3 is 0 Å². The Balaban J connectivity index is 1.67. The van der Waals surface area contributed by atoms with Crippen molar-refractivity contribution in [2.24, 2.45) is 0 Å². The van der Waals surface area contributed by atoms with Crippen LogP contribution in [0.3, 0.4) is 0 Å². The number of hydrogen-bond acceptors (Lipinski definition) is 5. The first kappa shape index (κ1) is 23.0. The van der Waals surface area contributed by atoms with Crippen LogP contribution < -0.4 is 14.8 Å². The van der Waals surface area contributed by atoms with Crippen molar-refractivity contribution in [2.45, 2.75) is 0 Å². The van der Waals surface area contributed by atoms with Crippen molar-refractivity contribution < 1.29 is 18.7 Å². The molecule has 1 N–H and O–H groups in total. The molecule has 0 spiro atoms. The van der Waals surface area contributed by atoms with Crippen LogP contribution in [-0.2, 0) is 0 Å². The van der Waals surface area contributed by atoms with Gasteiger partial charge in [-0.05, 0) is 36.4 Å². The molecule has 0 aliphatic carbocycles. The minimum Gasteiger partial charge on any atom is -0.497 e. The van der Waals surface area contributed by atoms with Crippen molar-refractivity contribution in [3.8, 4) is 34.3 Å². The van der Waals surface area contributed by atoms with E-state index in [2.05, 4.69) is 10.3 Å². The first-order valence-electron chi connectivity index (χ1n) is 9.64. The van der Waals surface area contributed by atoms with E-state index in [0.29, 0.717) is 44.7 Å². The van der Waals surface area contributed by atoms with Gasteiger partial charge in [-0.3, -0.25) is 4.79 Å². The number of nitrogens with zero attached hydrogens (tertiary/aromatic N) is 1. The zero-order chi connectivity index (χ0) is 23.5. The Bertz CT molecular complexity index is 1340. The Morgan fingerprint density at radius 1 is 0.909 bits per heavy atom. The number of aromatic nitrogens is 1. The zero-order valence-corrected chi connectivity index (χ0v) is 19.8. The van der Waals surface area contributed by atoms with E-state index in [-0.39, 0.29) is 15.9 Å². The molecule has 1 heterocycles. The maximum Gasteiger partial charge on any atom is 0.256 e. The fraction of sp³-hybridized carbons (Fsp3) is 0.0833. The molecule has 168 valence electrons. The third-order valence-electron chi connectivity index (χ3n) is 4.84. The number of methoxy groups -OCH3 is 2. The van der Waals surface area contributed by atoms with Gasteiger partial charge < -0.3 is 19.2 Å². The summed E-state index contributed by atoms with van der Waals surface area (Å²) in [4.78, 5) is 17.4. The van der Waals surface area contributed by atoms with Gasteiger partial charge in [0, 0.05) is 11.6 Å². The fourth-order valence-corrected chi connectivity index (χ4v) is 3.79. The summed E-state index contributed by atoms with van der Waals surface area (Å²) in [7, 11) is 3.14. The van der Waals surface area contributed by atoms with Crippen LogP contribution in [0.1, 0.15) is 10.4 Å². The third-order valence-corrected chi connectivity index (χ3v) is 5.87. The number of hydrogen-bond donors (Lipinski definition) is 1. The van der Waals surface area contributed by atoms with Crippen LogP contribution in [0, 0.1) is 0 Å². The van der Waals surface area contributed by atoms with Gasteiger partial charge in [0.1, 0.15) is 11.5 Å². The SMILES string of the molecule is COc1ccc(-c2cnc(-c3ccccc3C(=O)Nc3cc(Cl)c(Cl)cc3Cl)o2)c(OC)c1. The molecule has 0 atom stereocenters. The molecule has 0 aliphatic rings. The molecule has 0 radical (unpaired) electrons. The van der Waals surface area contributed by atoms with Gasteiger partial charge in [0.25, 0.3) is 5.91 Å². The van der Waals surface area contributed by atoms with Crippen molar-refractivity contribution in [1.82, 2.24) is 4.98 Å². The molecule has 33 heavy (non-hydrogen) atoms. The predicted molar refractivity (Wildman–Crippen MR) is 130 cm³/mol. The molecule has 4 aromatic rings. The van der Waals surface area contributed by atoms with Crippen LogP contribution in [0.5, 0.6) is 11.5 Å². The molecule has 0 unspecified atom stereocenters. The zero-order valence-electron chi connectivity index (χ0n) is 17.5. The highest BCUT2D eigenvalue weighted by atomic mass is 35.5. The van der Waals surface area contributed by atoms with Gasteiger partial charge in [0.05, 0.1) is 52.3 Å². The number of amides is 1. The summed E-state index contributed by atoms with van der Waals surface area (Å²) in [6.07, 6.45) is 1.57. The van der Waals surface area contributed by atoms with E-state index >= 15 is 0 Å². The minimum atomic E-state index is -0.410. The summed E-state index contributed by atoms with van der Waals surface area (Å²) in [6, 6.07) is 15.2. The van der Waals surface area contributed by atoms with Crippen molar-refractivity contribution >= 4 is 46.4 Å². The summed E-state index contributed by atoms with van der Waals surface area (Å²) >= 11 is 18.2. The second kappa shape index (κ2) is 9.75. The lowest BCUT2D eigenvalue weighted by Gasteiger charge is -2.11. The monoisotopic (exact) mass is 502 g/mol. The molecule has 9 heteroatoms. The van der Waals surface area contributed by atoms with Gasteiger partial charge in [-0.15, -0.1) is 0 Å². The van der Waals surface area contributed by atoms with Gasteiger partial charge in [-0.2, -0.15) is 0 Å². The Hall–Kier alpha value is -3.19. The van der Waals surface area contributed by atoms with Crippen LogP contribution >= 0.6 is 34.8 Å². The van der Waals surface area contributed by atoms with Crippen LogP contribution in [0.2, 0.25) is 15.1 Å². The lowest BCUT2D eigenvalue weighted by Crippen LogP contribution is -2.13. The van der Waals surface area contributed by atoms with E-state index in [1.54, 1.807) is 56.8 Å². The quantitative estimate of drug-likeness (QED) is 0.281. The van der Waals surface area contributed by atoms with Crippen LogP contribution in [0.4, 0.5) is 5.69 Å². The van der Waals surface area contributed by atoms with Gasteiger partial charge in [-0.1, -0.05) is 46.9 Å². The number of rotatable bonds is 6. The molecule has 1 aromatic heterocycles. The number of oxazole rings is 1. The molecule has 0 aliphatic heterocycles. The number of carbonyl (C=O) groups is 1. The van der Waals surface area contributed by atoms with Gasteiger partial charge in [0.15, 0.2) is 5.76 Å². The summed E-state index contributed by atoms with van der Waals surface area (Å²) in [5.41, 5.74) is 1.88. The second-order valence-electron chi connectivity index (χ2n) is 6.84. The number of nitrogens with one attached hydrogen (secondary N) is 1. The van der Waals surface area contributed by atoms with E-state index in [1.165, 1.54) is 12.1 Å². The molecule has 1 amide bonds. The number of carbonyl (C=O) groups excluding carboxylic acids is 1. The smallest absolute Gasteiger partial charge is 0.256 e. The van der Waals surface area contributed by atoms with E-state index in [1.807, 2.05) is 6.07 Å².